The van der Waals surface area contributed by atoms with Crippen molar-refractivity contribution in [2.45, 2.75) is 6.10 Å². The molecule has 124 valence electrons. The lowest BCUT2D eigenvalue weighted by Gasteiger charge is -2.14. The minimum atomic E-state index is -0.198. The summed E-state index contributed by atoms with van der Waals surface area (Å²) in [5, 5.41) is 7.04. The Hall–Kier alpha value is -1.66. The molecular weight excluding hydrogens is 362 g/mol. The maximum absolute atomic E-state index is 12.3. The number of halogens is 1. The van der Waals surface area contributed by atoms with E-state index in [0.717, 1.165) is 10.4 Å². The molecule has 0 unspecified atom stereocenters. The molecule has 6 heteroatoms. The van der Waals surface area contributed by atoms with Crippen molar-refractivity contribution < 1.29 is 9.53 Å². The zero-order valence-electron chi connectivity index (χ0n) is 13.0. The summed E-state index contributed by atoms with van der Waals surface area (Å²) in [5.74, 6) is -0.114. The van der Waals surface area contributed by atoms with Crippen LogP contribution in [0, 0.1) is 0 Å². The van der Waals surface area contributed by atoms with Crippen LogP contribution in [0.4, 0.5) is 0 Å². The van der Waals surface area contributed by atoms with E-state index in [9.17, 15) is 4.79 Å². The Balaban J connectivity index is 1.62. The molecular formula is C18H16ClNO2S2. The number of benzene rings is 1. The lowest BCUT2D eigenvalue weighted by atomic mass is 10.1. The van der Waals surface area contributed by atoms with Crippen molar-refractivity contribution in [2.24, 2.45) is 0 Å². The zero-order chi connectivity index (χ0) is 16.9. The molecule has 1 amide bonds. The number of carbonyl (C=O) groups is 1. The summed E-state index contributed by atoms with van der Waals surface area (Å²) >= 11 is 9.07. The Morgan fingerprint density at radius 3 is 2.54 bits per heavy atom. The van der Waals surface area contributed by atoms with Crippen LogP contribution in [-0.2, 0) is 4.74 Å². The summed E-state index contributed by atoms with van der Waals surface area (Å²) in [7, 11) is 1.63. The first-order chi connectivity index (χ1) is 11.7. The number of amides is 1. The Labute approximate surface area is 153 Å². The minimum absolute atomic E-state index is 0.114. The summed E-state index contributed by atoms with van der Waals surface area (Å²) in [5.41, 5.74) is 2.91. The van der Waals surface area contributed by atoms with Crippen LogP contribution in [0.5, 0.6) is 0 Å². The number of hydrogen-bond donors (Lipinski definition) is 1. The largest absolute Gasteiger partial charge is 0.374 e. The van der Waals surface area contributed by atoms with E-state index in [1.54, 1.807) is 18.4 Å². The van der Waals surface area contributed by atoms with Crippen LogP contribution in [0.1, 0.15) is 21.3 Å². The van der Waals surface area contributed by atoms with Crippen molar-refractivity contribution in [3.63, 3.8) is 0 Å². The van der Waals surface area contributed by atoms with Crippen LogP contribution >= 0.6 is 34.3 Å². The molecule has 0 spiro atoms. The highest BCUT2D eigenvalue weighted by atomic mass is 35.5. The lowest BCUT2D eigenvalue weighted by molar-refractivity contribution is 0.0837. The molecule has 24 heavy (non-hydrogen) atoms. The molecule has 3 rings (SSSR count). The average molecular weight is 378 g/mol. The fourth-order valence-electron chi connectivity index (χ4n) is 2.33. The standard InChI is InChI=1S/C18H16ClNO2S2/c1-22-15(16-6-7-17(19)24-16)10-20-18(21)13-4-2-12(3-5-13)14-8-9-23-11-14/h2-9,11,15H,10H2,1H3,(H,20,21)/t15-/m1/s1. The van der Waals surface area contributed by atoms with Gasteiger partial charge in [-0.25, -0.2) is 0 Å². The van der Waals surface area contributed by atoms with E-state index in [4.69, 9.17) is 16.3 Å². The van der Waals surface area contributed by atoms with E-state index in [-0.39, 0.29) is 12.0 Å². The first kappa shape index (κ1) is 17.2. The molecule has 0 aliphatic carbocycles. The third kappa shape index (κ3) is 4.05. The molecule has 0 fully saturated rings. The molecule has 3 nitrogen and oxygen atoms in total. The van der Waals surface area contributed by atoms with E-state index in [1.807, 2.05) is 41.8 Å². The highest BCUT2D eigenvalue weighted by molar-refractivity contribution is 7.16. The Bertz CT molecular complexity index is 797. The molecule has 0 saturated carbocycles. The molecule has 1 aromatic carbocycles. The van der Waals surface area contributed by atoms with Gasteiger partial charge in [0.15, 0.2) is 0 Å². The highest BCUT2D eigenvalue weighted by Gasteiger charge is 2.15. The van der Waals surface area contributed by atoms with Crippen LogP contribution in [-0.4, -0.2) is 19.6 Å². The summed E-state index contributed by atoms with van der Waals surface area (Å²) in [6.45, 7) is 0.401. The molecule has 2 heterocycles. The van der Waals surface area contributed by atoms with Gasteiger partial charge in [-0.05, 0) is 52.2 Å². The van der Waals surface area contributed by atoms with Gasteiger partial charge in [-0.2, -0.15) is 11.3 Å². The number of thiophene rings is 2. The van der Waals surface area contributed by atoms with Gasteiger partial charge in [-0.15, -0.1) is 11.3 Å². The van der Waals surface area contributed by atoms with E-state index in [1.165, 1.54) is 16.9 Å². The van der Waals surface area contributed by atoms with Crippen LogP contribution in [0.25, 0.3) is 11.1 Å². The predicted molar refractivity (Wildman–Crippen MR) is 101 cm³/mol. The van der Waals surface area contributed by atoms with Gasteiger partial charge in [0, 0.05) is 24.1 Å². The molecule has 3 aromatic rings. The van der Waals surface area contributed by atoms with E-state index in [2.05, 4.69) is 16.8 Å². The van der Waals surface area contributed by atoms with E-state index < -0.39 is 0 Å². The predicted octanol–water partition coefficient (Wildman–Crippen LogP) is 5.25. The van der Waals surface area contributed by atoms with Crippen molar-refractivity contribution in [3.05, 3.63) is 68.0 Å². The van der Waals surface area contributed by atoms with Gasteiger partial charge < -0.3 is 10.1 Å². The van der Waals surface area contributed by atoms with Gasteiger partial charge in [0.2, 0.25) is 0 Å². The number of ether oxygens (including phenoxy) is 1. The van der Waals surface area contributed by atoms with Crippen molar-refractivity contribution >= 4 is 40.2 Å². The van der Waals surface area contributed by atoms with Crippen LogP contribution in [0.15, 0.2) is 53.2 Å². The Kier molecular flexibility index (Phi) is 5.68. The minimum Gasteiger partial charge on any atom is -0.374 e. The monoisotopic (exact) mass is 377 g/mol. The topological polar surface area (TPSA) is 38.3 Å². The number of nitrogens with one attached hydrogen (secondary N) is 1. The lowest BCUT2D eigenvalue weighted by Crippen LogP contribution is -2.28. The Morgan fingerprint density at radius 1 is 1.17 bits per heavy atom. The number of rotatable bonds is 6. The summed E-state index contributed by atoms with van der Waals surface area (Å²) in [6, 6.07) is 13.4. The summed E-state index contributed by atoms with van der Waals surface area (Å²) in [4.78, 5) is 13.3. The van der Waals surface area contributed by atoms with Crippen LogP contribution < -0.4 is 5.32 Å². The quantitative estimate of drug-likeness (QED) is 0.637. The third-order valence-corrected chi connectivity index (χ3v) is 5.65. The van der Waals surface area contributed by atoms with E-state index in [0.29, 0.717) is 16.4 Å². The van der Waals surface area contributed by atoms with Crippen molar-refractivity contribution in [3.8, 4) is 11.1 Å². The second kappa shape index (κ2) is 7.94. The fourth-order valence-corrected chi connectivity index (χ4v) is 4.14. The first-order valence-electron chi connectivity index (χ1n) is 7.36. The molecule has 1 atom stereocenters. The van der Waals surface area contributed by atoms with Crippen molar-refractivity contribution in [1.82, 2.24) is 5.32 Å². The second-order valence-corrected chi connectivity index (χ2v) is 7.69. The van der Waals surface area contributed by atoms with Gasteiger partial charge in [0.1, 0.15) is 6.10 Å². The van der Waals surface area contributed by atoms with Gasteiger partial charge in [-0.3, -0.25) is 4.79 Å². The molecule has 0 aliphatic rings. The van der Waals surface area contributed by atoms with Gasteiger partial charge in [0.05, 0.1) is 4.34 Å². The first-order valence-corrected chi connectivity index (χ1v) is 9.50. The van der Waals surface area contributed by atoms with Gasteiger partial charge in [0.25, 0.3) is 5.91 Å². The fraction of sp³-hybridized carbons (Fsp3) is 0.167. The number of carbonyl (C=O) groups excluding carboxylic acids is 1. The smallest absolute Gasteiger partial charge is 0.251 e. The maximum atomic E-state index is 12.3. The molecule has 1 N–H and O–H groups in total. The SMILES string of the molecule is CO[C@H](CNC(=O)c1ccc(-c2ccsc2)cc1)c1ccc(Cl)s1. The summed E-state index contributed by atoms with van der Waals surface area (Å²) in [6.07, 6.45) is -0.198. The van der Waals surface area contributed by atoms with E-state index >= 15 is 0 Å². The maximum Gasteiger partial charge on any atom is 0.251 e. The summed E-state index contributed by atoms with van der Waals surface area (Å²) < 4.78 is 6.15. The van der Waals surface area contributed by atoms with Gasteiger partial charge >= 0.3 is 0 Å². The molecule has 0 aliphatic heterocycles. The van der Waals surface area contributed by atoms with Crippen molar-refractivity contribution in [2.75, 3.05) is 13.7 Å². The van der Waals surface area contributed by atoms with Crippen LogP contribution in [0.3, 0.4) is 0 Å². The van der Waals surface area contributed by atoms with Gasteiger partial charge in [-0.1, -0.05) is 23.7 Å². The molecule has 2 aromatic heterocycles. The molecule has 0 radical (unpaired) electrons. The molecule has 0 bridgehead atoms. The van der Waals surface area contributed by atoms with Crippen LogP contribution in [0.2, 0.25) is 4.34 Å². The zero-order valence-corrected chi connectivity index (χ0v) is 15.4. The van der Waals surface area contributed by atoms with Crippen molar-refractivity contribution in [1.29, 1.82) is 0 Å². The third-order valence-electron chi connectivity index (χ3n) is 3.65. The molecule has 0 saturated heterocycles. The average Bonchev–Trinajstić information content (AvgIpc) is 3.27. The Morgan fingerprint density at radius 2 is 1.96 bits per heavy atom. The second-order valence-electron chi connectivity index (χ2n) is 5.17. The number of methoxy groups -OCH3 is 1. The normalized spacial score (nSPS) is 12.1. The number of hydrogen-bond acceptors (Lipinski definition) is 4. The highest BCUT2D eigenvalue weighted by Crippen LogP contribution is 2.28.